The van der Waals surface area contributed by atoms with Gasteiger partial charge in [-0.15, -0.1) is 0 Å². The standard InChI is InChI=1S/C13H19NO2/c1-13(2,14(3)4)12(15)16-10-11-8-6-5-7-9-11/h5-9H,10H2,1-4H3. The van der Waals surface area contributed by atoms with Gasteiger partial charge in [-0.25, -0.2) is 0 Å². The number of nitrogens with zero attached hydrogens (tertiary/aromatic N) is 1. The van der Waals surface area contributed by atoms with Crippen molar-refractivity contribution in [3.63, 3.8) is 0 Å². The Bertz CT molecular complexity index is 344. The van der Waals surface area contributed by atoms with Gasteiger partial charge in [0.2, 0.25) is 0 Å². The summed E-state index contributed by atoms with van der Waals surface area (Å²) in [4.78, 5) is 13.7. The molecule has 0 aliphatic heterocycles. The molecule has 3 nitrogen and oxygen atoms in total. The topological polar surface area (TPSA) is 29.5 Å². The molecule has 0 aromatic heterocycles. The monoisotopic (exact) mass is 221 g/mol. The number of ether oxygens (including phenoxy) is 1. The second kappa shape index (κ2) is 5.12. The van der Waals surface area contributed by atoms with Gasteiger partial charge in [-0.3, -0.25) is 9.69 Å². The van der Waals surface area contributed by atoms with Crippen LogP contribution in [0.2, 0.25) is 0 Å². The third-order valence-corrected chi connectivity index (χ3v) is 2.83. The SMILES string of the molecule is CN(C)C(C)(C)C(=O)OCc1ccccc1. The van der Waals surface area contributed by atoms with Gasteiger partial charge in [-0.1, -0.05) is 30.3 Å². The van der Waals surface area contributed by atoms with Crippen LogP contribution >= 0.6 is 0 Å². The zero-order valence-corrected chi connectivity index (χ0v) is 10.4. The van der Waals surface area contributed by atoms with E-state index in [9.17, 15) is 4.79 Å². The van der Waals surface area contributed by atoms with E-state index in [0.29, 0.717) is 6.61 Å². The summed E-state index contributed by atoms with van der Waals surface area (Å²) in [6, 6.07) is 9.68. The molecular weight excluding hydrogens is 202 g/mol. The molecule has 3 heteroatoms. The highest BCUT2D eigenvalue weighted by molar-refractivity contribution is 5.79. The van der Waals surface area contributed by atoms with E-state index in [2.05, 4.69) is 0 Å². The summed E-state index contributed by atoms with van der Waals surface area (Å²) in [5, 5.41) is 0. The van der Waals surface area contributed by atoms with E-state index >= 15 is 0 Å². The molecule has 0 atom stereocenters. The summed E-state index contributed by atoms with van der Waals surface area (Å²) in [5.74, 6) is -0.207. The molecule has 0 saturated carbocycles. The molecule has 0 fully saturated rings. The Balaban J connectivity index is 2.54. The summed E-state index contributed by atoms with van der Waals surface area (Å²) >= 11 is 0. The summed E-state index contributed by atoms with van der Waals surface area (Å²) in [6.07, 6.45) is 0. The molecule has 0 bridgehead atoms. The van der Waals surface area contributed by atoms with E-state index in [1.807, 2.05) is 63.2 Å². The minimum Gasteiger partial charge on any atom is -0.459 e. The summed E-state index contributed by atoms with van der Waals surface area (Å²) in [7, 11) is 3.73. The molecule has 0 heterocycles. The van der Waals surface area contributed by atoms with Gasteiger partial charge >= 0.3 is 5.97 Å². The van der Waals surface area contributed by atoms with Gasteiger partial charge < -0.3 is 4.74 Å². The maximum atomic E-state index is 11.8. The molecule has 16 heavy (non-hydrogen) atoms. The Labute approximate surface area is 97.0 Å². The van der Waals surface area contributed by atoms with Crippen molar-refractivity contribution in [1.29, 1.82) is 0 Å². The molecule has 1 aromatic rings. The maximum Gasteiger partial charge on any atom is 0.326 e. The van der Waals surface area contributed by atoms with Crippen molar-refractivity contribution >= 4 is 5.97 Å². The number of likely N-dealkylation sites (N-methyl/N-ethyl adjacent to an activating group) is 1. The van der Waals surface area contributed by atoms with E-state index < -0.39 is 5.54 Å². The normalized spacial score (nSPS) is 11.6. The van der Waals surface area contributed by atoms with Crippen LogP contribution in [0.1, 0.15) is 19.4 Å². The fraction of sp³-hybridized carbons (Fsp3) is 0.462. The molecular formula is C13H19NO2. The van der Waals surface area contributed by atoms with E-state index in [4.69, 9.17) is 4.74 Å². The first-order chi connectivity index (χ1) is 7.44. The maximum absolute atomic E-state index is 11.8. The minimum absolute atomic E-state index is 0.207. The lowest BCUT2D eigenvalue weighted by molar-refractivity contribution is -0.156. The number of carbonyl (C=O) groups excluding carboxylic acids is 1. The van der Waals surface area contributed by atoms with Gasteiger partial charge in [0.25, 0.3) is 0 Å². The molecule has 0 radical (unpaired) electrons. The van der Waals surface area contributed by atoms with Crippen molar-refractivity contribution in [2.24, 2.45) is 0 Å². The smallest absolute Gasteiger partial charge is 0.326 e. The Morgan fingerprint density at radius 2 is 1.81 bits per heavy atom. The van der Waals surface area contributed by atoms with Crippen LogP contribution in [-0.4, -0.2) is 30.5 Å². The van der Waals surface area contributed by atoms with Crippen LogP contribution in [0.25, 0.3) is 0 Å². The first-order valence-corrected chi connectivity index (χ1v) is 5.33. The highest BCUT2D eigenvalue weighted by atomic mass is 16.5. The largest absolute Gasteiger partial charge is 0.459 e. The molecule has 88 valence electrons. The molecule has 0 spiro atoms. The Morgan fingerprint density at radius 3 is 2.31 bits per heavy atom. The quantitative estimate of drug-likeness (QED) is 0.729. The van der Waals surface area contributed by atoms with Crippen molar-refractivity contribution in [2.45, 2.75) is 26.0 Å². The van der Waals surface area contributed by atoms with Crippen LogP contribution in [0.15, 0.2) is 30.3 Å². The van der Waals surface area contributed by atoms with Crippen LogP contribution in [-0.2, 0) is 16.1 Å². The van der Waals surface area contributed by atoms with E-state index in [1.54, 1.807) is 0 Å². The second-order valence-electron chi connectivity index (χ2n) is 4.52. The number of benzene rings is 1. The van der Waals surface area contributed by atoms with Crippen molar-refractivity contribution in [2.75, 3.05) is 14.1 Å². The fourth-order valence-electron chi connectivity index (χ4n) is 1.08. The minimum atomic E-state index is -0.589. The molecule has 1 rings (SSSR count). The third kappa shape index (κ3) is 3.07. The lowest BCUT2D eigenvalue weighted by Gasteiger charge is -2.29. The van der Waals surface area contributed by atoms with Crippen molar-refractivity contribution in [1.82, 2.24) is 4.90 Å². The molecule has 0 amide bonds. The number of carbonyl (C=O) groups is 1. The van der Waals surface area contributed by atoms with Crippen LogP contribution < -0.4 is 0 Å². The zero-order chi connectivity index (χ0) is 12.2. The van der Waals surface area contributed by atoms with Crippen LogP contribution in [0, 0.1) is 0 Å². The summed E-state index contributed by atoms with van der Waals surface area (Å²) < 4.78 is 5.27. The van der Waals surface area contributed by atoms with Gasteiger partial charge in [0.1, 0.15) is 12.1 Å². The third-order valence-electron chi connectivity index (χ3n) is 2.83. The van der Waals surface area contributed by atoms with Gasteiger partial charge in [0.15, 0.2) is 0 Å². The Hall–Kier alpha value is -1.35. The van der Waals surface area contributed by atoms with E-state index in [1.165, 1.54) is 0 Å². The Morgan fingerprint density at radius 1 is 1.25 bits per heavy atom. The van der Waals surface area contributed by atoms with Gasteiger partial charge in [-0.05, 0) is 33.5 Å². The fourth-order valence-corrected chi connectivity index (χ4v) is 1.08. The summed E-state index contributed by atoms with van der Waals surface area (Å²) in [5.41, 5.74) is 0.416. The lowest BCUT2D eigenvalue weighted by Crippen LogP contribution is -2.46. The second-order valence-corrected chi connectivity index (χ2v) is 4.52. The van der Waals surface area contributed by atoms with Crippen LogP contribution in [0.5, 0.6) is 0 Å². The highest BCUT2D eigenvalue weighted by Gasteiger charge is 2.31. The van der Waals surface area contributed by atoms with Crippen molar-refractivity contribution in [3.05, 3.63) is 35.9 Å². The van der Waals surface area contributed by atoms with Crippen LogP contribution in [0.4, 0.5) is 0 Å². The van der Waals surface area contributed by atoms with Gasteiger partial charge in [-0.2, -0.15) is 0 Å². The van der Waals surface area contributed by atoms with Crippen molar-refractivity contribution in [3.8, 4) is 0 Å². The molecule has 0 saturated heterocycles. The predicted molar refractivity (Wildman–Crippen MR) is 64.0 cm³/mol. The zero-order valence-electron chi connectivity index (χ0n) is 10.4. The van der Waals surface area contributed by atoms with Gasteiger partial charge in [0.05, 0.1) is 0 Å². The molecule has 1 aromatic carbocycles. The molecule has 0 N–H and O–H groups in total. The number of hydrogen-bond donors (Lipinski definition) is 0. The average Bonchev–Trinajstić information content (AvgIpc) is 2.27. The number of rotatable bonds is 4. The number of esters is 1. The molecule has 0 unspecified atom stereocenters. The van der Waals surface area contributed by atoms with Gasteiger partial charge in [0, 0.05) is 0 Å². The molecule has 0 aliphatic rings. The average molecular weight is 221 g/mol. The first kappa shape index (κ1) is 12.7. The lowest BCUT2D eigenvalue weighted by atomic mass is 10.1. The summed E-state index contributed by atoms with van der Waals surface area (Å²) in [6.45, 7) is 4.03. The molecule has 0 aliphatic carbocycles. The first-order valence-electron chi connectivity index (χ1n) is 5.33. The predicted octanol–water partition coefficient (Wildman–Crippen LogP) is 2.07. The number of hydrogen-bond acceptors (Lipinski definition) is 3. The van der Waals surface area contributed by atoms with Crippen molar-refractivity contribution < 1.29 is 9.53 Å². The van der Waals surface area contributed by atoms with E-state index in [-0.39, 0.29) is 5.97 Å². The van der Waals surface area contributed by atoms with E-state index in [0.717, 1.165) is 5.56 Å². The van der Waals surface area contributed by atoms with Crippen LogP contribution in [0.3, 0.4) is 0 Å². The highest BCUT2D eigenvalue weighted by Crippen LogP contribution is 2.13. The Kier molecular flexibility index (Phi) is 4.07.